The molecule has 2 aliphatic rings. The van der Waals surface area contributed by atoms with E-state index in [1.54, 1.807) is 0 Å². The summed E-state index contributed by atoms with van der Waals surface area (Å²) < 4.78 is 0. The molecule has 0 N–H and O–H groups in total. The van der Waals surface area contributed by atoms with Crippen molar-refractivity contribution in [2.45, 2.75) is 53.4 Å². The molecule has 0 nitrogen and oxygen atoms in total. The van der Waals surface area contributed by atoms with E-state index in [0.29, 0.717) is 0 Å². The Labute approximate surface area is 83.1 Å². The highest BCUT2D eigenvalue weighted by molar-refractivity contribution is 5.03. The molecule has 0 aromatic carbocycles. The van der Waals surface area contributed by atoms with Gasteiger partial charge in [-0.05, 0) is 48.3 Å². The van der Waals surface area contributed by atoms with Crippen LogP contribution in [-0.2, 0) is 0 Å². The van der Waals surface area contributed by atoms with E-state index >= 15 is 0 Å². The smallest absolute Gasteiger partial charge is 0.0266 e. The van der Waals surface area contributed by atoms with Gasteiger partial charge in [0.2, 0.25) is 0 Å². The summed E-state index contributed by atoms with van der Waals surface area (Å²) in [5, 5.41) is 0. The number of hydrogen-bond donors (Lipinski definition) is 0. The van der Waals surface area contributed by atoms with E-state index in [0.717, 1.165) is 29.1 Å². The zero-order chi connectivity index (χ0) is 9.64. The number of rotatable bonds is 1. The lowest BCUT2D eigenvalue weighted by Gasteiger charge is -2.37. The lowest BCUT2D eigenvalue weighted by atomic mass is 9.68. The monoisotopic (exact) mass is 180 g/mol. The van der Waals surface area contributed by atoms with Crippen LogP contribution in [0.15, 0.2) is 0 Å². The summed E-state index contributed by atoms with van der Waals surface area (Å²) in [6.07, 6.45) is 5.96. The molecule has 0 bridgehead atoms. The molecular formula is C13H24. The van der Waals surface area contributed by atoms with E-state index in [4.69, 9.17) is 0 Å². The van der Waals surface area contributed by atoms with Crippen LogP contribution in [0.4, 0.5) is 0 Å². The third kappa shape index (κ3) is 1.53. The summed E-state index contributed by atoms with van der Waals surface area (Å²) in [6, 6.07) is 0. The highest BCUT2D eigenvalue weighted by atomic mass is 14.6. The third-order valence-electron chi connectivity index (χ3n) is 4.99. The summed E-state index contributed by atoms with van der Waals surface area (Å²) in [7, 11) is 0. The van der Waals surface area contributed by atoms with Crippen LogP contribution in [0, 0.1) is 29.1 Å². The lowest BCUT2D eigenvalue weighted by Crippen LogP contribution is -2.28. The van der Waals surface area contributed by atoms with Gasteiger partial charge in [-0.15, -0.1) is 0 Å². The Bertz CT molecular complexity index is 196. The Morgan fingerprint density at radius 2 is 1.69 bits per heavy atom. The Morgan fingerprint density at radius 1 is 1.08 bits per heavy atom. The van der Waals surface area contributed by atoms with Crippen molar-refractivity contribution in [1.29, 1.82) is 0 Å². The van der Waals surface area contributed by atoms with Crippen LogP contribution in [0.2, 0.25) is 0 Å². The molecule has 2 rings (SSSR count). The topological polar surface area (TPSA) is 0 Å². The van der Waals surface area contributed by atoms with Crippen LogP contribution in [0.25, 0.3) is 0 Å². The highest BCUT2D eigenvalue weighted by Gasteiger charge is 2.53. The molecule has 2 aliphatic carbocycles. The Hall–Kier alpha value is 0. The maximum atomic E-state index is 2.52. The van der Waals surface area contributed by atoms with Gasteiger partial charge in [0, 0.05) is 0 Å². The molecule has 0 aliphatic heterocycles. The molecule has 5 unspecified atom stereocenters. The summed E-state index contributed by atoms with van der Waals surface area (Å²) in [4.78, 5) is 0. The molecule has 13 heavy (non-hydrogen) atoms. The molecule has 0 heterocycles. The van der Waals surface area contributed by atoms with E-state index in [1.165, 1.54) is 25.7 Å². The Kier molecular flexibility index (Phi) is 2.20. The van der Waals surface area contributed by atoms with Crippen molar-refractivity contribution in [3.8, 4) is 0 Å². The van der Waals surface area contributed by atoms with Crippen molar-refractivity contribution in [3.63, 3.8) is 0 Å². The molecule has 0 aromatic rings. The minimum absolute atomic E-state index is 0.736. The third-order valence-corrected chi connectivity index (χ3v) is 4.99. The summed E-state index contributed by atoms with van der Waals surface area (Å²) in [6.45, 7) is 9.86. The molecule has 5 atom stereocenters. The van der Waals surface area contributed by atoms with Gasteiger partial charge in [-0.2, -0.15) is 0 Å². The van der Waals surface area contributed by atoms with Crippen LogP contribution in [0.5, 0.6) is 0 Å². The van der Waals surface area contributed by atoms with E-state index in [2.05, 4.69) is 27.7 Å². The van der Waals surface area contributed by atoms with Crippen molar-refractivity contribution in [1.82, 2.24) is 0 Å². The second-order valence-corrected chi connectivity index (χ2v) is 6.11. The van der Waals surface area contributed by atoms with Crippen molar-refractivity contribution in [2.24, 2.45) is 29.1 Å². The SMILES string of the molecule is CC1CCC(C2(C)CC2C)C(C)C1. The van der Waals surface area contributed by atoms with Gasteiger partial charge in [-0.3, -0.25) is 0 Å². The fourth-order valence-electron chi connectivity index (χ4n) is 3.76. The van der Waals surface area contributed by atoms with Gasteiger partial charge in [0.1, 0.15) is 0 Å². The molecule has 76 valence electrons. The van der Waals surface area contributed by atoms with Crippen LogP contribution >= 0.6 is 0 Å². The molecular weight excluding hydrogens is 156 g/mol. The van der Waals surface area contributed by atoms with Gasteiger partial charge in [0.05, 0.1) is 0 Å². The molecule has 0 saturated heterocycles. The maximum absolute atomic E-state index is 2.52. The summed E-state index contributed by atoms with van der Waals surface area (Å²) in [5.74, 6) is 4.02. The highest BCUT2D eigenvalue weighted by Crippen LogP contribution is 2.62. The normalized spacial score (nSPS) is 56.3. The molecule has 0 spiro atoms. The number of hydrogen-bond acceptors (Lipinski definition) is 0. The molecule has 2 fully saturated rings. The maximum Gasteiger partial charge on any atom is -0.0266 e. The Balaban J connectivity index is 2.00. The zero-order valence-electron chi connectivity index (χ0n) is 9.64. The van der Waals surface area contributed by atoms with Gasteiger partial charge in [-0.25, -0.2) is 0 Å². The van der Waals surface area contributed by atoms with Crippen molar-refractivity contribution in [2.75, 3.05) is 0 Å². The van der Waals surface area contributed by atoms with Gasteiger partial charge < -0.3 is 0 Å². The lowest BCUT2D eigenvalue weighted by molar-refractivity contribution is 0.128. The second kappa shape index (κ2) is 3.00. The van der Waals surface area contributed by atoms with Crippen LogP contribution in [0.1, 0.15) is 53.4 Å². The quantitative estimate of drug-likeness (QED) is 0.570. The fraction of sp³-hybridized carbons (Fsp3) is 1.00. The standard InChI is InChI=1S/C13H24/c1-9-5-6-12(10(2)7-9)13(4)8-11(13)3/h9-12H,5-8H2,1-4H3. The van der Waals surface area contributed by atoms with Crippen LogP contribution in [0.3, 0.4) is 0 Å². The van der Waals surface area contributed by atoms with Gasteiger partial charge in [0.15, 0.2) is 0 Å². The molecule has 0 heteroatoms. The van der Waals surface area contributed by atoms with E-state index in [9.17, 15) is 0 Å². The van der Waals surface area contributed by atoms with Crippen molar-refractivity contribution < 1.29 is 0 Å². The van der Waals surface area contributed by atoms with Crippen molar-refractivity contribution in [3.05, 3.63) is 0 Å². The minimum Gasteiger partial charge on any atom is -0.0625 e. The van der Waals surface area contributed by atoms with Crippen molar-refractivity contribution >= 4 is 0 Å². The minimum atomic E-state index is 0.736. The first-order chi connectivity index (χ1) is 6.04. The Morgan fingerprint density at radius 3 is 2.15 bits per heavy atom. The van der Waals surface area contributed by atoms with E-state index in [-0.39, 0.29) is 0 Å². The molecule has 0 radical (unpaired) electrons. The molecule has 0 amide bonds. The van der Waals surface area contributed by atoms with E-state index in [1.807, 2.05) is 0 Å². The summed E-state index contributed by atoms with van der Waals surface area (Å²) >= 11 is 0. The zero-order valence-corrected chi connectivity index (χ0v) is 9.64. The summed E-state index contributed by atoms with van der Waals surface area (Å²) in [5.41, 5.74) is 0.736. The average molecular weight is 180 g/mol. The predicted octanol–water partition coefficient (Wildman–Crippen LogP) is 4.10. The fourth-order valence-corrected chi connectivity index (χ4v) is 3.76. The second-order valence-electron chi connectivity index (χ2n) is 6.11. The predicted molar refractivity (Wildman–Crippen MR) is 57.6 cm³/mol. The first-order valence-electron chi connectivity index (χ1n) is 6.04. The van der Waals surface area contributed by atoms with Gasteiger partial charge >= 0.3 is 0 Å². The first-order valence-corrected chi connectivity index (χ1v) is 6.04. The molecule has 0 aromatic heterocycles. The molecule has 2 saturated carbocycles. The van der Waals surface area contributed by atoms with Gasteiger partial charge in [0.25, 0.3) is 0 Å². The first kappa shape index (κ1) is 9.55. The van der Waals surface area contributed by atoms with Crippen LogP contribution < -0.4 is 0 Å². The largest absolute Gasteiger partial charge is 0.0625 e. The van der Waals surface area contributed by atoms with E-state index < -0.39 is 0 Å². The average Bonchev–Trinajstić information content (AvgIpc) is 2.59. The van der Waals surface area contributed by atoms with Crippen LogP contribution in [-0.4, -0.2) is 0 Å². The van der Waals surface area contributed by atoms with Gasteiger partial charge in [-0.1, -0.05) is 34.1 Å².